The van der Waals surface area contributed by atoms with Gasteiger partial charge in [0.2, 0.25) is 11.8 Å². The largest absolute Gasteiger partial charge is 0.495 e. The van der Waals surface area contributed by atoms with E-state index in [4.69, 9.17) is 4.74 Å². The van der Waals surface area contributed by atoms with Crippen LogP contribution in [-0.4, -0.2) is 49.2 Å². The second-order valence-electron chi connectivity index (χ2n) is 6.20. The molecule has 0 atom stereocenters. The lowest BCUT2D eigenvalue weighted by atomic mass is 10.1. The molecule has 0 spiro atoms. The Kier molecular flexibility index (Phi) is 7.71. The zero-order valence-corrected chi connectivity index (χ0v) is 16.3. The van der Waals surface area contributed by atoms with Crippen LogP contribution in [0.5, 0.6) is 5.75 Å². The van der Waals surface area contributed by atoms with Crippen molar-refractivity contribution < 1.29 is 19.1 Å². The average molecular weight is 383 g/mol. The van der Waals surface area contributed by atoms with Crippen molar-refractivity contribution in [3.05, 3.63) is 54.1 Å². The first-order chi connectivity index (χ1) is 13.4. The van der Waals surface area contributed by atoms with Gasteiger partial charge in [0.1, 0.15) is 5.75 Å². The molecular formula is C21H25N3O4. The molecule has 0 aliphatic carbocycles. The van der Waals surface area contributed by atoms with Gasteiger partial charge in [-0.15, -0.1) is 0 Å². The normalized spacial score (nSPS) is 10.4. The number of Topliss-reactive ketones (excluding diaryl/α,β-unsaturated/α-hetero) is 1. The summed E-state index contributed by atoms with van der Waals surface area (Å²) in [6.07, 6.45) is 0. The highest BCUT2D eigenvalue weighted by Crippen LogP contribution is 2.22. The Morgan fingerprint density at radius 2 is 1.43 bits per heavy atom. The minimum absolute atomic E-state index is 0.0298. The molecule has 0 unspecified atom stereocenters. The van der Waals surface area contributed by atoms with Gasteiger partial charge in [-0.25, -0.2) is 0 Å². The third kappa shape index (κ3) is 5.92. The number of para-hydroxylation sites is 3. The van der Waals surface area contributed by atoms with Crippen LogP contribution >= 0.6 is 0 Å². The maximum Gasteiger partial charge on any atom is 0.238 e. The lowest BCUT2D eigenvalue weighted by Gasteiger charge is -2.20. The van der Waals surface area contributed by atoms with Gasteiger partial charge in [0.15, 0.2) is 5.78 Å². The van der Waals surface area contributed by atoms with Crippen molar-refractivity contribution in [2.45, 2.75) is 13.8 Å². The number of carbonyl (C=O) groups excluding carboxylic acids is 3. The van der Waals surface area contributed by atoms with E-state index >= 15 is 0 Å². The van der Waals surface area contributed by atoms with Gasteiger partial charge >= 0.3 is 0 Å². The number of nitrogens with one attached hydrogen (secondary N) is 2. The van der Waals surface area contributed by atoms with Crippen molar-refractivity contribution in [1.82, 2.24) is 4.90 Å². The smallest absolute Gasteiger partial charge is 0.238 e. The van der Waals surface area contributed by atoms with Crippen molar-refractivity contribution in [3.8, 4) is 5.75 Å². The van der Waals surface area contributed by atoms with E-state index in [9.17, 15) is 14.4 Å². The predicted molar refractivity (Wildman–Crippen MR) is 109 cm³/mol. The number of nitrogens with zero attached hydrogens (tertiary/aromatic N) is 1. The van der Waals surface area contributed by atoms with E-state index in [-0.39, 0.29) is 30.7 Å². The van der Waals surface area contributed by atoms with Gasteiger partial charge in [-0.2, -0.15) is 0 Å². The van der Waals surface area contributed by atoms with Crippen LogP contribution in [0.1, 0.15) is 24.2 Å². The van der Waals surface area contributed by atoms with Gasteiger partial charge in [-0.1, -0.05) is 31.2 Å². The second-order valence-corrected chi connectivity index (χ2v) is 6.20. The van der Waals surface area contributed by atoms with Gasteiger partial charge in [0.25, 0.3) is 0 Å². The van der Waals surface area contributed by atoms with Crippen LogP contribution in [0.25, 0.3) is 0 Å². The topological polar surface area (TPSA) is 87.7 Å². The number of rotatable bonds is 9. The van der Waals surface area contributed by atoms with E-state index in [1.54, 1.807) is 47.4 Å². The van der Waals surface area contributed by atoms with E-state index < -0.39 is 0 Å². The van der Waals surface area contributed by atoms with E-state index in [1.165, 1.54) is 14.0 Å². The third-order valence-corrected chi connectivity index (χ3v) is 4.14. The molecule has 0 saturated carbocycles. The molecule has 2 N–H and O–H groups in total. The van der Waals surface area contributed by atoms with Gasteiger partial charge in [-0.3, -0.25) is 19.3 Å². The fourth-order valence-corrected chi connectivity index (χ4v) is 2.71. The first-order valence-electron chi connectivity index (χ1n) is 8.99. The maximum absolute atomic E-state index is 12.4. The highest BCUT2D eigenvalue weighted by Gasteiger charge is 2.16. The number of benzene rings is 2. The van der Waals surface area contributed by atoms with Crippen LogP contribution in [0.15, 0.2) is 48.5 Å². The third-order valence-electron chi connectivity index (χ3n) is 4.14. The molecular weight excluding hydrogens is 358 g/mol. The number of amides is 2. The van der Waals surface area contributed by atoms with E-state index in [0.717, 1.165) is 0 Å². The van der Waals surface area contributed by atoms with Crippen molar-refractivity contribution in [2.24, 2.45) is 0 Å². The van der Waals surface area contributed by atoms with Crippen LogP contribution in [-0.2, 0) is 9.59 Å². The van der Waals surface area contributed by atoms with Gasteiger partial charge in [0, 0.05) is 5.56 Å². The van der Waals surface area contributed by atoms with E-state index in [1.807, 2.05) is 13.0 Å². The van der Waals surface area contributed by atoms with Crippen molar-refractivity contribution in [1.29, 1.82) is 0 Å². The molecule has 0 aromatic heterocycles. The number of likely N-dealkylation sites (N-methyl/N-ethyl adjacent to an activating group) is 1. The van der Waals surface area contributed by atoms with Gasteiger partial charge in [0.05, 0.1) is 31.6 Å². The summed E-state index contributed by atoms with van der Waals surface area (Å²) in [6.45, 7) is 3.91. The molecule has 0 radical (unpaired) electrons. The Balaban J connectivity index is 1.95. The number of ketones is 1. The lowest BCUT2D eigenvalue weighted by Crippen LogP contribution is -2.38. The lowest BCUT2D eigenvalue weighted by molar-refractivity contribution is -0.119. The molecule has 0 bridgehead atoms. The highest BCUT2D eigenvalue weighted by atomic mass is 16.5. The molecule has 0 aliphatic rings. The summed E-state index contributed by atoms with van der Waals surface area (Å²) in [5.74, 6) is -0.0964. The Hall–Kier alpha value is -3.19. The molecule has 0 aliphatic heterocycles. The molecule has 0 heterocycles. The summed E-state index contributed by atoms with van der Waals surface area (Å²) in [5, 5.41) is 5.54. The van der Waals surface area contributed by atoms with Crippen LogP contribution in [0.3, 0.4) is 0 Å². The molecule has 2 aromatic rings. The number of hydrogen-bond donors (Lipinski definition) is 2. The molecule has 28 heavy (non-hydrogen) atoms. The molecule has 0 fully saturated rings. The number of ether oxygens (including phenoxy) is 1. The van der Waals surface area contributed by atoms with E-state index in [0.29, 0.717) is 29.2 Å². The maximum atomic E-state index is 12.4. The first kappa shape index (κ1) is 21.1. The molecule has 7 heteroatoms. The van der Waals surface area contributed by atoms with Crippen LogP contribution in [0.4, 0.5) is 11.4 Å². The Morgan fingerprint density at radius 3 is 2.00 bits per heavy atom. The van der Waals surface area contributed by atoms with Crippen molar-refractivity contribution in [3.63, 3.8) is 0 Å². The molecule has 0 saturated heterocycles. The Bertz CT molecular complexity index is 851. The minimum Gasteiger partial charge on any atom is -0.495 e. The summed E-state index contributed by atoms with van der Waals surface area (Å²) in [4.78, 5) is 38.1. The minimum atomic E-state index is -0.291. The van der Waals surface area contributed by atoms with E-state index in [2.05, 4.69) is 10.6 Å². The average Bonchev–Trinajstić information content (AvgIpc) is 2.68. The van der Waals surface area contributed by atoms with Crippen LogP contribution in [0, 0.1) is 0 Å². The molecule has 2 aromatic carbocycles. The summed E-state index contributed by atoms with van der Waals surface area (Å²) >= 11 is 0. The van der Waals surface area contributed by atoms with Crippen molar-refractivity contribution in [2.75, 3.05) is 37.4 Å². The molecule has 2 amide bonds. The van der Waals surface area contributed by atoms with Crippen LogP contribution < -0.4 is 15.4 Å². The quantitative estimate of drug-likeness (QED) is 0.650. The Morgan fingerprint density at radius 1 is 0.893 bits per heavy atom. The van der Waals surface area contributed by atoms with Gasteiger partial charge in [-0.05, 0) is 37.7 Å². The standard InChI is InChI=1S/C21H25N3O4/c1-4-24(14-21(27)23-18-11-7-8-12-19(18)28-3)13-20(26)22-17-10-6-5-9-16(17)15(2)25/h5-12H,4,13-14H2,1-3H3,(H,22,26)(H,23,27). The number of anilines is 2. The predicted octanol–water partition coefficient (Wildman–Crippen LogP) is 2.80. The molecule has 7 nitrogen and oxygen atoms in total. The number of methoxy groups -OCH3 is 1. The fraction of sp³-hybridized carbons (Fsp3) is 0.286. The zero-order valence-electron chi connectivity index (χ0n) is 16.3. The van der Waals surface area contributed by atoms with Gasteiger partial charge < -0.3 is 15.4 Å². The monoisotopic (exact) mass is 383 g/mol. The summed E-state index contributed by atoms with van der Waals surface area (Å²) in [5.41, 5.74) is 1.49. The highest BCUT2D eigenvalue weighted by molar-refractivity contribution is 6.04. The summed E-state index contributed by atoms with van der Waals surface area (Å²) in [6, 6.07) is 14.0. The SMILES string of the molecule is CCN(CC(=O)Nc1ccccc1OC)CC(=O)Nc1ccccc1C(C)=O. The Labute approximate surface area is 164 Å². The summed E-state index contributed by atoms with van der Waals surface area (Å²) in [7, 11) is 1.53. The fourth-order valence-electron chi connectivity index (χ4n) is 2.71. The van der Waals surface area contributed by atoms with Crippen LogP contribution in [0.2, 0.25) is 0 Å². The number of carbonyl (C=O) groups is 3. The number of hydrogen-bond acceptors (Lipinski definition) is 5. The molecule has 148 valence electrons. The first-order valence-corrected chi connectivity index (χ1v) is 8.99. The zero-order chi connectivity index (χ0) is 20.5. The second kappa shape index (κ2) is 10.2. The molecule has 2 rings (SSSR count). The van der Waals surface area contributed by atoms with Crippen molar-refractivity contribution >= 4 is 29.0 Å². The summed E-state index contributed by atoms with van der Waals surface area (Å²) < 4.78 is 5.22.